The lowest BCUT2D eigenvalue weighted by Gasteiger charge is -2.24. The van der Waals surface area contributed by atoms with Crippen LogP contribution in [0, 0.1) is 5.41 Å². The highest BCUT2D eigenvalue weighted by Gasteiger charge is 2.42. The van der Waals surface area contributed by atoms with Crippen LogP contribution < -0.4 is 10.6 Å². The van der Waals surface area contributed by atoms with E-state index in [9.17, 15) is 4.79 Å². The van der Waals surface area contributed by atoms with Gasteiger partial charge in [-0.1, -0.05) is 0 Å². The molecule has 2 aliphatic rings. The molecular weight excluding hydrogens is 242 g/mol. The van der Waals surface area contributed by atoms with E-state index in [0.29, 0.717) is 5.41 Å². The molecule has 0 bridgehead atoms. The summed E-state index contributed by atoms with van der Waals surface area (Å²) in [7, 11) is 2.18. The van der Waals surface area contributed by atoms with Crippen molar-refractivity contribution < 1.29 is 4.79 Å². The standard InChI is InChI=1S/C13H19N5O/c1-17-4-2-13(8-17)3-5-18(9-13)10-6-15-12(11(14)19)16-7-10/h6-7H,2-5,8-9H2,1H3,(H2,14,19). The molecule has 3 rings (SSSR count). The Morgan fingerprint density at radius 3 is 2.53 bits per heavy atom. The molecule has 2 saturated heterocycles. The lowest BCUT2D eigenvalue weighted by atomic mass is 9.86. The van der Waals surface area contributed by atoms with Crippen molar-refractivity contribution in [3.05, 3.63) is 18.2 Å². The Bertz CT molecular complexity index is 488. The highest BCUT2D eigenvalue weighted by molar-refractivity contribution is 5.88. The molecule has 1 amide bonds. The van der Waals surface area contributed by atoms with Gasteiger partial charge in [0.2, 0.25) is 5.82 Å². The third-order valence-electron chi connectivity index (χ3n) is 4.29. The lowest BCUT2D eigenvalue weighted by molar-refractivity contribution is 0.0990. The van der Waals surface area contributed by atoms with Crippen LogP contribution in [0.25, 0.3) is 0 Å². The number of amides is 1. The highest BCUT2D eigenvalue weighted by Crippen LogP contribution is 2.40. The molecule has 1 atom stereocenters. The number of hydrogen-bond acceptors (Lipinski definition) is 5. The van der Waals surface area contributed by atoms with Gasteiger partial charge in [-0.05, 0) is 26.4 Å². The Balaban J connectivity index is 1.72. The number of rotatable bonds is 2. The number of carbonyl (C=O) groups is 1. The van der Waals surface area contributed by atoms with Crippen LogP contribution >= 0.6 is 0 Å². The van der Waals surface area contributed by atoms with Crippen molar-refractivity contribution in [1.29, 1.82) is 0 Å². The second kappa shape index (κ2) is 4.45. The zero-order valence-corrected chi connectivity index (χ0v) is 11.2. The molecule has 6 nitrogen and oxygen atoms in total. The summed E-state index contributed by atoms with van der Waals surface area (Å²) < 4.78 is 0. The van der Waals surface area contributed by atoms with Gasteiger partial charge >= 0.3 is 0 Å². The SMILES string of the molecule is CN1CCC2(CCN(c3cnc(C(N)=O)nc3)C2)C1. The highest BCUT2D eigenvalue weighted by atomic mass is 16.1. The predicted molar refractivity (Wildman–Crippen MR) is 71.9 cm³/mol. The molecule has 0 aromatic carbocycles. The van der Waals surface area contributed by atoms with Crippen molar-refractivity contribution in [3.63, 3.8) is 0 Å². The first-order valence-corrected chi connectivity index (χ1v) is 6.63. The topological polar surface area (TPSA) is 75.3 Å². The van der Waals surface area contributed by atoms with E-state index in [2.05, 4.69) is 26.8 Å². The van der Waals surface area contributed by atoms with Crippen molar-refractivity contribution in [1.82, 2.24) is 14.9 Å². The van der Waals surface area contributed by atoms with E-state index >= 15 is 0 Å². The van der Waals surface area contributed by atoms with E-state index in [0.717, 1.165) is 18.8 Å². The number of nitrogens with two attached hydrogens (primary N) is 1. The minimum Gasteiger partial charge on any atom is -0.368 e. The van der Waals surface area contributed by atoms with Crippen LogP contribution in [0.3, 0.4) is 0 Å². The molecular formula is C13H19N5O. The third-order valence-corrected chi connectivity index (χ3v) is 4.29. The number of nitrogens with zero attached hydrogens (tertiary/aromatic N) is 4. The van der Waals surface area contributed by atoms with Gasteiger partial charge < -0.3 is 15.5 Å². The van der Waals surface area contributed by atoms with Crippen molar-refractivity contribution in [3.8, 4) is 0 Å². The molecule has 2 N–H and O–H groups in total. The maximum atomic E-state index is 11.0. The van der Waals surface area contributed by atoms with E-state index in [1.807, 2.05) is 0 Å². The maximum absolute atomic E-state index is 11.0. The summed E-state index contributed by atoms with van der Waals surface area (Å²) in [5.41, 5.74) is 6.55. The number of aromatic nitrogens is 2. The molecule has 1 unspecified atom stereocenters. The molecule has 6 heteroatoms. The van der Waals surface area contributed by atoms with Crippen LogP contribution in [-0.2, 0) is 0 Å². The molecule has 19 heavy (non-hydrogen) atoms. The van der Waals surface area contributed by atoms with E-state index in [1.165, 1.54) is 25.9 Å². The molecule has 1 spiro atoms. The second-order valence-corrected chi connectivity index (χ2v) is 5.79. The number of likely N-dealkylation sites (tertiary alicyclic amines) is 1. The monoisotopic (exact) mass is 261 g/mol. The van der Waals surface area contributed by atoms with Crippen molar-refractivity contribution in [2.24, 2.45) is 11.1 Å². The number of carbonyl (C=O) groups excluding carboxylic acids is 1. The Labute approximate surface area is 112 Å². The Kier molecular flexibility index (Phi) is 2.89. The molecule has 1 aromatic heterocycles. The van der Waals surface area contributed by atoms with Crippen molar-refractivity contribution >= 4 is 11.6 Å². The first-order chi connectivity index (χ1) is 9.08. The molecule has 3 heterocycles. The lowest BCUT2D eigenvalue weighted by Crippen LogP contribution is -2.29. The van der Waals surface area contributed by atoms with Gasteiger partial charge in [0.1, 0.15) is 0 Å². The van der Waals surface area contributed by atoms with Crippen LogP contribution in [-0.4, -0.2) is 54.0 Å². The summed E-state index contributed by atoms with van der Waals surface area (Å²) in [6.07, 6.45) is 5.88. The van der Waals surface area contributed by atoms with E-state index in [-0.39, 0.29) is 5.82 Å². The Hall–Kier alpha value is -1.69. The molecule has 0 saturated carbocycles. The van der Waals surface area contributed by atoms with Crippen LogP contribution in [0.15, 0.2) is 12.4 Å². The minimum absolute atomic E-state index is 0.0817. The van der Waals surface area contributed by atoms with E-state index in [1.54, 1.807) is 12.4 Å². The summed E-state index contributed by atoms with van der Waals surface area (Å²) in [5.74, 6) is -0.500. The van der Waals surface area contributed by atoms with Gasteiger partial charge in [0.05, 0.1) is 18.1 Å². The fraction of sp³-hybridized carbons (Fsp3) is 0.615. The van der Waals surface area contributed by atoms with E-state index < -0.39 is 5.91 Å². The number of primary amides is 1. The largest absolute Gasteiger partial charge is 0.368 e. The summed E-state index contributed by atoms with van der Waals surface area (Å²) in [6, 6.07) is 0. The summed E-state index contributed by atoms with van der Waals surface area (Å²) in [6.45, 7) is 4.44. The minimum atomic E-state index is -0.582. The molecule has 0 aliphatic carbocycles. The smallest absolute Gasteiger partial charge is 0.286 e. The van der Waals surface area contributed by atoms with Gasteiger partial charge in [-0.3, -0.25) is 4.79 Å². The zero-order valence-electron chi connectivity index (χ0n) is 11.2. The van der Waals surface area contributed by atoms with Gasteiger partial charge in [0.25, 0.3) is 5.91 Å². The van der Waals surface area contributed by atoms with Gasteiger partial charge in [-0.15, -0.1) is 0 Å². The Morgan fingerprint density at radius 2 is 1.95 bits per heavy atom. The third kappa shape index (κ3) is 2.28. The summed E-state index contributed by atoms with van der Waals surface area (Å²) in [4.78, 5) is 23.7. The summed E-state index contributed by atoms with van der Waals surface area (Å²) in [5, 5.41) is 0. The van der Waals surface area contributed by atoms with Crippen molar-refractivity contribution in [2.75, 3.05) is 38.1 Å². The van der Waals surface area contributed by atoms with Crippen LogP contribution in [0.4, 0.5) is 5.69 Å². The van der Waals surface area contributed by atoms with Gasteiger partial charge in [0.15, 0.2) is 0 Å². The maximum Gasteiger partial charge on any atom is 0.286 e. The van der Waals surface area contributed by atoms with Crippen LogP contribution in [0.1, 0.15) is 23.5 Å². The Morgan fingerprint density at radius 1 is 1.26 bits per heavy atom. The molecule has 1 aromatic rings. The average Bonchev–Trinajstić information content (AvgIpc) is 2.97. The average molecular weight is 261 g/mol. The number of hydrogen-bond donors (Lipinski definition) is 1. The van der Waals surface area contributed by atoms with Crippen LogP contribution in [0.5, 0.6) is 0 Å². The first-order valence-electron chi connectivity index (χ1n) is 6.63. The van der Waals surface area contributed by atoms with E-state index in [4.69, 9.17) is 5.73 Å². The van der Waals surface area contributed by atoms with Crippen LogP contribution in [0.2, 0.25) is 0 Å². The van der Waals surface area contributed by atoms with Gasteiger partial charge in [-0.25, -0.2) is 9.97 Å². The van der Waals surface area contributed by atoms with Crippen molar-refractivity contribution in [2.45, 2.75) is 12.8 Å². The van der Waals surface area contributed by atoms with Gasteiger partial charge in [0, 0.05) is 25.0 Å². The quantitative estimate of drug-likeness (QED) is 0.817. The zero-order chi connectivity index (χ0) is 13.5. The summed E-state index contributed by atoms with van der Waals surface area (Å²) >= 11 is 0. The van der Waals surface area contributed by atoms with Gasteiger partial charge in [-0.2, -0.15) is 0 Å². The molecule has 0 radical (unpaired) electrons. The molecule has 2 fully saturated rings. The fourth-order valence-corrected chi connectivity index (χ4v) is 3.26. The molecule has 2 aliphatic heterocycles. The molecule has 102 valence electrons. The first kappa shape index (κ1) is 12.3. The number of anilines is 1. The fourth-order valence-electron chi connectivity index (χ4n) is 3.26. The predicted octanol–water partition coefficient (Wildman–Crippen LogP) is 0.108. The normalized spacial score (nSPS) is 27.3. The second-order valence-electron chi connectivity index (χ2n) is 5.79.